The number of nitrogens with zero attached hydrogens (tertiary/aromatic N) is 1. The summed E-state index contributed by atoms with van der Waals surface area (Å²) in [6, 6.07) is 3.79. The first kappa shape index (κ1) is 26.8. The van der Waals surface area contributed by atoms with Crippen molar-refractivity contribution in [3.8, 4) is 11.5 Å². The number of ether oxygens (including phenoxy) is 1. The molecule has 0 heterocycles. The van der Waals surface area contributed by atoms with Crippen LogP contribution in [0.1, 0.15) is 76.3 Å². The van der Waals surface area contributed by atoms with Gasteiger partial charge in [-0.3, -0.25) is 0 Å². The fraction of sp³-hybridized carbons (Fsp3) is 0.577. The number of allylic oxidation sites excluding steroid dienone is 3. The lowest BCUT2D eigenvalue weighted by Crippen LogP contribution is -2.33. The van der Waals surface area contributed by atoms with Crippen LogP contribution in [-0.4, -0.2) is 43.3 Å². The highest BCUT2D eigenvalue weighted by molar-refractivity contribution is 5.71. The van der Waals surface area contributed by atoms with Gasteiger partial charge in [0.15, 0.2) is 0 Å². The Balaban J connectivity index is 0.00000151. The predicted molar refractivity (Wildman–Crippen MR) is 130 cm³/mol. The third kappa shape index (κ3) is 10.1. The number of hydrogen-bond donors (Lipinski definition) is 2. The predicted octanol–water partition coefficient (Wildman–Crippen LogP) is 6.18. The molecule has 1 aromatic carbocycles. The highest BCUT2D eigenvalue weighted by Crippen LogP contribution is 2.42. The molecule has 0 aromatic heterocycles. The van der Waals surface area contributed by atoms with Crippen LogP contribution in [0.4, 0.5) is 4.79 Å². The molecule has 31 heavy (non-hydrogen) atoms. The van der Waals surface area contributed by atoms with E-state index in [0.717, 1.165) is 62.6 Å². The number of hydrogen-bond acceptors (Lipinski definition) is 4. The quantitative estimate of drug-likeness (QED) is 0.363. The molecule has 1 atom stereocenters. The number of benzene rings is 1. The molecule has 0 fully saturated rings. The van der Waals surface area contributed by atoms with E-state index in [1.54, 1.807) is 6.08 Å². The molecule has 0 aliphatic heterocycles. The number of phenols is 1. The van der Waals surface area contributed by atoms with Crippen molar-refractivity contribution in [2.75, 3.05) is 27.2 Å². The number of rotatable bonds is 9. The minimum absolute atomic E-state index is 0.0861. The molecule has 0 saturated heterocycles. The zero-order valence-electron chi connectivity index (χ0n) is 20.2. The Morgan fingerprint density at radius 1 is 1.35 bits per heavy atom. The largest absolute Gasteiger partial charge is 0.507 e. The van der Waals surface area contributed by atoms with Crippen molar-refractivity contribution in [3.63, 3.8) is 0 Å². The van der Waals surface area contributed by atoms with Crippen molar-refractivity contribution >= 4 is 6.09 Å². The average molecular weight is 431 g/mol. The van der Waals surface area contributed by atoms with Crippen LogP contribution in [0.2, 0.25) is 0 Å². The monoisotopic (exact) mass is 430 g/mol. The SMILES string of the molecule is C=CC.CCCCCc1cc(O)c([C@@H]2C=C(C)CCC2)c(OC(=O)NCCN(C)C)c1. The number of amides is 1. The number of unbranched alkanes of at least 4 members (excludes halogenated alkanes) is 2. The summed E-state index contributed by atoms with van der Waals surface area (Å²) in [5.41, 5.74) is 3.08. The van der Waals surface area contributed by atoms with E-state index < -0.39 is 6.09 Å². The van der Waals surface area contributed by atoms with Gasteiger partial charge in [0.2, 0.25) is 0 Å². The smallest absolute Gasteiger partial charge is 0.412 e. The van der Waals surface area contributed by atoms with Crippen LogP contribution < -0.4 is 10.1 Å². The molecule has 1 aliphatic carbocycles. The van der Waals surface area contributed by atoms with Crippen LogP contribution >= 0.6 is 0 Å². The maximum atomic E-state index is 12.3. The summed E-state index contributed by atoms with van der Waals surface area (Å²) >= 11 is 0. The highest BCUT2D eigenvalue weighted by Gasteiger charge is 2.23. The second-order valence-corrected chi connectivity index (χ2v) is 8.52. The number of likely N-dealkylation sites (N-methyl/N-ethyl adjacent to an activating group) is 1. The molecule has 1 amide bonds. The standard InChI is InChI=1S/C23H36N2O3.C3H6/c1-5-6-7-10-18-15-20(26)22(19-11-8-9-17(2)14-19)21(16-18)28-23(27)24-12-13-25(3)4;1-3-2/h14-16,19,26H,5-13H2,1-4H3,(H,24,27);3H,1H2,2H3/t19-;/m0./s1. The van der Waals surface area contributed by atoms with E-state index in [2.05, 4.69) is 31.8 Å². The third-order valence-corrected chi connectivity index (χ3v) is 5.22. The zero-order valence-corrected chi connectivity index (χ0v) is 20.2. The lowest BCUT2D eigenvalue weighted by molar-refractivity contribution is 0.198. The highest BCUT2D eigenvalue weighted by atomic mass is 16.6. The van der Waals surface area contributed by atoms with Gasteiger partial charge in [0.1, 0.15) is 11.5 Å². The van der Waals surface area contributed by atoms with Crippen molar-refractivity contribution in [1.82, 2.24) is 10.2 Å². The summed E-state index contributed by atoms with van der Waals surface area (Å²) in [6.45, 7) is 10.8. The van der Waals surface area contributed by atoms with E-state index in [1.165, 1.54) is 5.57 Å². The minimum atomic E-state index is -0.468. The summed E-state index contributed by atoms with van der Waals surface area (Å²) in [6.07, 6.45) is 10.8. The molecule has 5 nitrogen and oxygen atoms in total. The first-order valence-electron chi connectivity index (χ1n) is 11.5. The Labute approximate surface area is 189 Å². The first-order valence-corrected chi connectivity index (χ1v) is 11.5. The number of phenolic OH excluding ortho intramolecular Hbond substituents is 1. The van der Waals surface area contributed by atoms with Crippen LogP contribution in [0, 0.1) is 0 Å². The van der Waals surface area contributed by atoms with E-state index in [9.17, 15) is 9.90 Å². The molecule has 0 saturated carbocycles. The summed E-state index contributed by atoms with van der Waals surface area (Å²) in [5, 5.41) is 13.6. The van der Waals surface area contributed by atoms with Gasteiger partial charge in [0.05, 0.1) is 0 Å². The van der Waals surface area contributed by atoms with Crippen molar-refractivity contribution in [2.24, 2.45) is 0 Å². The summed E-state index contributed by atoms with van der Waals surface area (Å²) in [5.74, 6) is 0.814. The summed E-state index contributed by atoms with van der Waals surface area (Å²) < 4.78 is 5.69. The molecule has 1 aromatic rings. The number of carbonyl (C=O) groups excluding carboxylic acids is 1. The Kier molecular flexibility index (Phi) is 12.7. The van der Waals surface area contributed by atoms with Crippen LogP contribution in [-0.2, 0) is 6.42 Å². The third-order valence-electron chi connectivity index (χ3n) is 5.22. The average Bonchev–Trinajstić information content (AvgIpc) is 2.68. The van der Waals surface area contributed by atoms with Crippen molar-refractivity contribution in [2.45, 2.75) is 71.6 Å². The topological polar surface area (TPSA) is 61.8 Å². The van der Waals surface area contributed by atoms with Crippen LogP contribution in [0.25, 0.3) is 0 Å². The van der Waals surface area contributed by atoms with Crippen molar-refractivity contribution in [1.29, 1.82) is 0 Å². The number of aromatic hydroxyl groups is 1. The van der Waals surface area contributed by atoms with Gasteiger partial charge in [0.25, 0.3) is 0 Å². The number of nitrogens with one attached hydrogen (secondary N) is 1. The van der Waals surface area contributed by atoms with E-state index in [-0.39, 0.29) is 11.7 Å². The maximum Gasteiger partial charge on any atom is 0.412 e. The van der Waals surface area contributed by atoms with Gasteiger partial charge in [-0.2, -0.15) is 0 Å². The zero-order chi connectivity index (χ0) is 23.2. The van der Waals surface area contributed by atoms with Gasteiger partial charge in [-0.15, -0.1) is 6.58 Å². The lowest BCUT2D eigenvalue weighted by atomic mass is 9.84. The van der Waals surface area contributed by atoms with Crippen LogP contribution in [0.5, 0.6) is 11.5 Å². The van der Waals surface area contributed by atoms with Gasteiger partial charge in [-0.1, -0.05) is 37.5 Å². The fourth-order valence-electron chi connectivity index (χ4n) is 3.70. The van der Waals surface area contributed by atoms with Crippen molar-refractivity contribution in [3.05, 3.63) is 47.6 Å². The first-order chi connectivity index (χ1) is 14.8. The van der Waals surface area contributed by atoms with E-state index in [1.807, 2.05) is 38.1 Å². The molecule has 2 rings (SSSR count). The van der Waals surface area contributed by atoms with E-state index in [4.69, 9.17) is 4.74 Å². The molecular weight excluding hydrogens is 388 g/mol. The maximum absolute atomic E-state index is 12.3. The molecule has 1 aliphatic rings. The molecule has 2 N–H and O–H groups in total. The Morgan fingerprint density at radius 2 is 2.06 bits per heavy atom. The summed E-state index contributed by atoms with van der Waals surface area (Å²) in [4.78, 5) is 14.3. The molecule has 5 heteroatoms. The van der Waals surface area contributed by atoms with E-state index >= 15 is 0 Å². The van der Waals surface area contributed by atoms with Gasteiger partial charge < -0.3 is 20.1 Å². The van der Waals surface area contributed by atoms with Gasteiger partial charge in [-0.25, -0.2) is 4.79 Å². The molecule has 0 unspecified atom stereocenters. The Morgan fingerprint density at radius 3 is 2.68 bits per heavy atom. The second-order valence-electron chi connectivity index (χ2n) is 8.52. The number of carbonyl (C=O) groups is 1. The summed E-state index contributed by atoms with van der Waals surface area (Å²) in [7, 11) is 3.92. The molecule has 0 bridgehead atoms. The Hall–Kier alpha value is -2.27. The molecular formula is C26H42N2O3. The molecule has 174 valence electrons. The fourth-order valence-corrected chi connectivity index (χ4v) is 3.70. The number of aryl methyl sites for hydroxylation is 1. The second kappa shape index (κ2) is 14.7. The lowest BCUT2D eigenvalue weighted by Gasteiger charge is -2.23. The minimum Gasteiger partial charge on any atom is -0.507 e. The van der Waals surface area contributed by atoms with Gasteiger partial charge in [0, 0.05) is 24.6 Å². The molecule has 0 spiro atoms. The molecule has 0 radical (unpaired) electrons. The van der Waals surface area contributed by atoms with Crippen molar-refractivity contribution < 1.29 is 14.6 Å². The van der Waals surface area contributed by atoms with E-state index in [0.29, 0.717) is 12.3 Å². The van der Waals surface area contributed by atoms with Gasteiger partial charge in [-0.05, 0) is 77.7 Å². The Bertz CT molecular complexity index is 726. The normalized spacial score (nSPS) is 15.5. The van der Waals surface area contributed by atoms with Crippen LogP contribution in [0.15, 0.2) is 36.4 Å². The van der Waals surface area contributed by atoms with Gasteiger partial charge >= 0.3 is 6.09 Å². The van der Waals surface area contributed by atoms with Crippen LogP contribution in [0.3, 0.4) is 0 Å².